The van der Waals surface area contributed by atoms with E-state index in [9.17, 15) is 18.0 Å². The molecule has 1 aliphatic rings. The molecule has 1 aliphatic heterocycles. The van der Waals surface area contributed by atoms with Crippen LogP contribution in [0.1, 0.15) is 30.1 Å². The first-order valence-corrected chi connectivity index (χ1v) is 12.2. The van der Waals surface area contributed by atoms with Crippen LogP contribution in [-0.4, -0.2) is 50.8 Å². The summed E-state index contributed by atoms with van der Waals surface area (Å²) in [7, 11) is -3.89. The van der Waals surface area contributed by atoms with Gasteiger partial charge in [0.25, 0.3) is 5.91 Å². The van der Waals surface area contributed by atoms with Gasteiger partial charge in [0.2, 0.25) is 10.0 Å². The summed E-state index contributed by atoms with van der Waals surface area (Å²) in [6, 6.07) is 14.3. The molecule has 0 spiro atoms. The average molecular weight is 490 g/mol. The minimum Gasteiger partial charge on any atom is -0.452 e. The Bertz CT molecular complexity index is 1160. The smallest absolute Gasteiger partial charge is 0.338 e. The Morgan fingerprint density at radius 3 is 2.64 bits per heavy atom. The highest BCUT2D eigenvalue weighted by molar-refractivity contribution is 7.89. The predicted octanol–water partition coefficient (Wildman–Crippen LogP) is 3.47. The lowest BCUT2D eigenvalue weighted by Crippen LogP contribution is -2.39. The third-order valence-electron chi connectivity index (χ3n) is 5.33. The maximum atomic E-state index is 13.1. The van der Waals surface area contributed by atoms with Crippen LogP contribution in [0.4, 0.5) is 5.69 Å². The van der Waals surface area contributed by atoms with E-state index < -0.39 is 28.5 Å². The van der Waals surface area contributed by atoms with Crippen molar-refractivity contribution in [2.75, 3.05) is 31.1 Å². The summed E-state index contributed by atoms with van der Waals surface area (Å²) in [5.74, 6) is -1.22. The van der Waals surface area contributed by atoms with E-state index >= 15 is 0 Å². The van der Waals surface area contributed by atoms with E-state index in [1.807, 2.05) is 13.0 Å². The topological polar surface area (TPSA) is 108 Å². The minimum absolute atomic E-state index is 0.00475. The Morgan fingerprint density at radius 1 is 1.24 bits per heavy atom. The molecule has 10 heteroatoms. The van der Waals surface area contributed by atoms with Gasteiger partial charge in [-0.3, -0.25) is 9.69 Å². The van der Waals surface area contributed by atoms with E-state index in [2.05, 4.69) is 0 Å². The monoisotopic (exact) mass is 489 g/mol. The summed E-state index contributed by atoms with van der Waals surface area (Å²) in [5.41, 5.74) is 0.457. The molecular formula is C23H24ClN3O5S. The highest BCUT2D eigenvalue weighted by Gasteiger charge is 2.31. The second-order valence-corrected chi connectivity index (χ2v) is 10.1. The fourth-order valence-corrected chi connectivity index (χ4v) is 5.72. The zero-order valence-electron chi connectivity index (χ0n) is 18.1. The zero-order valence-corrected chi connectivity index (χ0v) is 19.7. The number of ether oxygens (including phenoxy) is 1. The van der Waals surface area contributed by atoms with Crippen LogP contribution in [0.2, 0.25) is 5.02 Å². The van der Waals surface area contributed by atoms with Crippen molar-refractivity contribution in [2.24, 2.45) is 5.92 Å². The van der Waals surface area contributed by atoms with Crippen molar-refractivity contribution in [3.05, 3.63) is 59.1 Å². The minimum atomic E-state index is -3.89. The van der Waals surface area contributed by atoms with Crippen LogP contribution < -0.4 is 4.90 Å². The predicted molar refractivity (Wildman–Crippen MR) is 123 cm³/mol. The third-order valence-corrected chi connectivity index (χ3v) is 7.68. The number of para-hydroxylation sites is 1. The van der Waals surface area contributed by atoms with Crippen LogP contribution in [0.15, 0.2) is 53.4 Å². The molecule has 0 N–H and O–H groups in total. The van der Waals surface area contributed by atoms with Crippen molar-refractivity contribution in [1.29, 1.82) is 5.26 Å². The van der Waals surface area contributed by atoms with Crippen molar-refractivity contribution in [3.63, 3.8) is 0 Å². The number of benzene rings is 2. The van der Waals surface area contributed by atoms with Gasteiger partial charge in [-0.05, 0) is 49.1 Å². The van der Waals surface area contributed by atoms with E-state index in [4.69, 9.17) is 21.6 Å². The van der Waals surface area contributed by atoms with Crippen molar-refractivity contribution in [3.8, 4) is 6.07 Å². The molecule has 174 valence electrons. The molecule has 0 aliphatic carbocycles. The van der Waals surface area contributed by atoms with Gasteiger partial charge < -0.3 is 4.74 Å². The summed E-state index contributed by atoms with van der Waals surface area (Å²) in [6.45, 7) is 1.94. The zero-order chi connectivity index (χ0) is 24.0. The number of hydrogen-bond donors (Lipinski definition) is 0. The molecule has 0 aromatic heterocycles. The molecular weight excluding hydrogens is 466 g/mol. The van der Waals surface area contributed by atoms with Crippen LogP contribution in [0.5, 0.6) is 0 Å². The van der Waals surface area contributed by atoms with Crippen molar-refractivity contribution in [2.45, 2.75) is 24.7 Å². The lowest BCUT2D eigenvalue weighted by Gasteiger charge is -2.30. The molecule has 1 heterocycles. The van der Waals surface area contributed by atoms with E-state index in [-0.39, 0.29) is 27.9 Å². The number of esters is 1. The molecule has 2 aromatic carbocycles. The maximum Gasteiger partial charge on any atom is 0.338 e. The van der Waals surface area contributed by atoms with E-state index in [1.165, 1.54) is 27.4 Å². The van der Waals surface area contributed by atoms with Crippen LogP contribution >= 0.6 is 11.6 Å². The molecule has 33 heavy (non-hydrogen) atoms. The van der Waals surface area contributed by atoms with Gasteiger partial charge in [0.15, 0.2) is 6.61 Å². The number of piperidine rings is 1. The molecule has 1 fully saturated rings. The first kappa shape index (κ1) is 24.7. The standard InChI is InChI=1S/C23H24ClN3O5S/c1-17-6-5-12-26(15-17)33(30,31)21-14-18(9-10-20(21)24)23(29)32-16-22(28)27(13-11-25)19-7-3-2-4-8-19/h2-4,7-10,14,17H,5-6,12-13,15-16H2,1H3. The van der Waals surface area contributed by atoms with Gasteiger partial charge in [0.1, 0.15) is 11.4 Å². The number of rotatable bonds is 7. The molecule has 3 rings (SSSR count). The number of nitriles is 1. The van der Waals surface area contributed by atoms with Crippen molar-refractivity contribution in [1.82, 2.24) is 4.31 Å². The first-order chi connectivity index (χ1) is 15.7. The highest BCUT2D eigenvalue weighted by Crippen LogP contribution is 2.29. The Kier molecular flexibility index (Phi) is 8.08. The number of halogens is 1. The van der Waals surface area contributed by atoms with E-state index in [0.717, 1.165) is 12.8 Å². The molecule has 0 bridgehead atoms. The summed E-state index contributed by atoms with van der Waals surface area (Å²) >= 11 is 6.16. The SMILES string of the molecule is CC1CCCN(S(=O)(=O)c2cc(C(=O)OCC(=O)N(CC#N)c3ccccc3)ccc2Cl)C1. The number of nitrogens with zero attached hydrogens (tertiary/aromatic N) is 3. The number of hydrogen-bond acceptors (Lipinski definition) is 6. The Balaban J connectivity index is 1.74. The van der Waals surface area contributed by atoms with Crippen molar-refractivity contribution < 1.29 is 22.7 Å². The van der Waals surface area contributed by atoms with Crippen LogP contribution in [-0.2, 0) is 19.6 Å². The summed E-state index contributed by atoms with van der Waals surface area (Å²) < 4.78 is 32.7. The lowest BCUT2D eigenvalue weighted by atomic mass is 10.0. The quantitative estimate of drug-likeness (QED) is 0.435. The molecule has 1 amide bonds. The molecule has 0 saturated carbocycles. The lowest BCUT2D eigenvalue weighted by molar-refractivity contribution is -0.121. The van der Waals surface area contributed by atoms with Gasteiger partial charge in [-0.2, -0.15) is 9.57 Å². The largest absolute Gasteiger partial charge is 0.452 e. The fraction of sp³-hybridized carbons (Fsp3) is 0.348. The Labute approximate surface area is 198 Å². The third kappa shape index (κ3) is 5.90. The molecule has 2 aromatic rings. The molecule has 0 radical (unpaired) electrons. The van der Waals surface area contributed by atoms with Crippen LogP contribution in [0.25, 0.3) is 0 Å². The molecule has 1 atom stereocenters. The normalized spacial score (nSPS) is 16.6. The number of amides is 1. The van der Waals surface area contributed by atoms with Gasteiger partial charge in [0, 0.05) is 18.8 Å². The van der Waals surface area contributed by atoms with E-state index in [1.54, 1.807) is 30.3 Å². The highest BCUT2D eigenvalue weighted by atomic mass is 35.5. The number of carbonyl (C=O) groups is 2. The maximum absolute atomic E-state index is 13.1. The van der Waals surface area contributed by atoms with Crippen LogP contribution in [0.3, 0.4) is 0 Å². The number of sulfonamides is 1. The fourth-order valence-electron chi connectivity index (χ4n) is 3.62. The van der Waals surface area contributed by atoms with Gasteiger partial charge in [-0.1, -0.05) is 36.7 Å². The molecule has 1 unspecified atom stereocenters. The number of anilines is 1. The molecule has 1 saturated heterocycles. The molecule has 8 nitrogen and oxygen atoms in total. The van der Waals surface area contributed by atoms with Gasteiger partial charge in [-0.15, -0.1) is 0 Å². The average Bonchev–Trinajstić information content (AvgIpc) is 2.81. The Morgan fingerprint density at radius 2 is 1.97 bits per heavy atom. The van der Waals surface area contributed by atoms with Gasteiger partial charge in [-0.25, -0.2) is 13.2 Å². The van der Waals surface area contributed by atoms with Crippen LogP contribution in [0, 0.1) is 17.2 Å². The summed E-state index contributed by atoms with van der Waals surface area (Å²) in [6.07, 6.45) is 1.70. The number of carbonyl (C=O) groups excluding carboxylic acids is 2. The summed E-state index contributed by atoms with van der Waals surface area (Å²) in [4.78, 5) is 26.2. The van der Waals surface area contributed by atoms with E-state index in [0.29, 0.717) is 18.8 Å². The second-order valence-electron chi connectivity index (χ2n) is 7.81. The summed E-state index contributed by atoms with van der Waals surface area (Å²) in [5, 5.41) is 9.04. The Hall–Kier alpha value is -2.93. The second kappa shape index (κ2) is 10.8. The van der Waals surface area contributed by atoms with Gasteiger partial charge >= 0.3 is 5.97 Å². The first-order valence-electron chi connectivity index (χ1n) is 10.4. The van der Waals surface area contributed by atoms with Crippen molar-refractivity contribution >= 4 is 39.2 Å². The van der Waals surface area contributed by atoms with Gasteiger partial charge in [0.05, 0.1) is 16.7 Å².